The van der Waals surface area contributed by atoms with Gasteiger partial charge in [-0.15, -0.1) is 0 Å². The molecule has 1 aromatic carbocycles. The fourth-order valence-corrected chi connectivity index (χ4v) is 3.09. The molecule has 4 nitrogen and oxygen atoms in total. The van der Waals surface area contributed by atoms with E-state index in [4.69, 9.17) is 16.0 Å². The summed E-state index contributed by atoms with van der Waals surface area (Å²) in [6.45, 7) is 0.470. The number of hydrogen-bond acceptors (Lipinski definition) is 3. The second kappa shape index (κ2) is 7.29. The molecule has 0 spiro atoms. The first-order valence-electron chi connectivity index (χ1n) is 6.42. The summed E-state index contributed by atoms with van der Waals surface area (Å²) in [7, 11) is 3.90. The first-order chi connectivity index (χ1) is 9.99. The van der Waals surface area contributed by atoms with Gasteiger partial charge in [0, 0.05) is 15.1 Å². The molecule has 1 unspecified atom stereocenters. The Balaban J connectivity index is 2.05. The van der Waals surface area contributed by atoms with Gasteiger partial charge in [0.1, 0.15) is 5.76 Å². The zero-order chi connectivity index (χ0) is 15.4. The zero-order valence-electron chi connectivity index (χ0n) is 11.8. The van der Waals surface area contributed by atoms with Crippen LogP contribution in [0.3, 0.4) is 0 Å². The van der Waals surface area contributed by atoms with Crippen molar-refractivity contribution in [1.82, 2.24) is 10.2 Å². The minimum absolute atomic E-state index is 0.00564. The summed E-state index contributed by atoms with van der Waals surface area (Å²) < 4.78 is 6.25. The van der Waals surface area contributed by atoms with Crippen LogP contribution in [0, 0.1) is 3.57 Å². The van der Waals surface area contributed by atoms with Crippen LogP contribution in [0.25, 0.3) is 0 Å². The number of halogens is 2. The lowest BCUT2D eigenvalue weighted by Gasteiger charge is -2.22. The van der Waals surface area contributed by atoms with Crippen molar-refractivity contribution >= 4 is 40.1 Å². The Hall–Kier alpha value is -1.05. The van der Waals surface area contributed by atoms with E-state index in [1.807, 2.05) is 31.1 Å². The highest BCUT2D eigenvalue weighted by Gasteiger charge is 2.19. The Morgan fingerprint density at radius 3 is 2.76 bits per heavy atom. The molecule has 1 atom stereocenters. The van der Waals surface area contributed by atoms with Crippen molar-refractivity contribution in [3.05, 3.63) is 56.5 Å². The number of furan rings is 1. The lowest BCUT2D eigenvalue weighted by Crippen LogP contribution is -2.34. The van der Waals surface area contributed by atoms with Gasteiger partial charge in [0.15, 0.2) is 0 Å². The van der Waals surface area contributed by atoms with Gasteiger partial charge in [-0.05, 0) is 67.0 Å². The van der Waals surface area contributed by atoms with Crippen LogP contribution in [-0.2, 0) is 0 Å². The molecule has 0 aliphatic rings. The molecule has 6 heteroatoms. The summed E-state index contributed by atoms with van der Waals surface area (Å²) >= 11 is 8.01. The fraction of sp³-hybridized carbons (Fsp3) is 0.267. The number of rotatable bonds is 5. The van der Waals surface area contributed by atoms with E-state index in [0.29, 0.717) is 17.1 Å². The van der Waals surface area contributed by atoms with E-state index < -0.39 is 0 Å². The van der Waals surface area contributed by atoms with Crippen molar-refractivity contribution in [2.45, 2.75) is 6.04 Å². The zero-order valence-corrected chi connectivity index (χ0v) is 14.7. The minimum atomic E-state index is -0.116. The SMILES string of the molecule is CN(C)C(CNC(=O)c1ccc(Cl)cc1I)c1ccco1. The van der Waals surface area contributed by atoms with E-state index >= 15 is 0 Å². The van der Waals surface area contributed by atoms with E-state index in [9.17, 15) is 4.79 Å². The Labute approximate surface area is 142 Å². The number of nitrogens with zero attached hydrogens (tertiary/aromatic N) is 1. The number of benzene rings is 1. The maximum atomic E-state index is 12.3. The van der Waals surface area contributed by atoms with Crippen LogP contribution < -0.4 is 5.32 Å². The normalized spacial score (nSPS) is 12.4. The van der Waals surface area contributed by atoms with Gasteiger partial charge in [0.05, 0.1) is 17.9 Å². The van der Waals surface area contributed by atoms with E-state index in [-0.39, 0.29) is 11.9 Å². The predicted octanol–water partition coefficient (Wildman–Crippen LogP) is 3.57. The Kier molecular flexibility index (Phi) is 5.66. The molecular formula is C15H16ClIN2O2. The number of likely N-dealkylation sites (N-methyl/N-ethyl adjacent to an activating group) is 1. The number of hydrogen-bond donors (Lipinski definition) is 1. The molecule has 0 aliphatic heterocycles. The third-order valence-electron chi connectivity index (χ3n) is 3.13. The van der Waals surface area contributed by atoms with Gasteiger partial charge in [-0.2, -0.15) is 0 Å². The summed E-state index contributed by atoms with van der Waals surface area (Å²) in [6, 6.07) is 8.96. The maximum Gasteiger partial charge on any atom is 0.252 e. The van der Waals surface area contributed by atoms with Gasteiger partial charge in [0.25, 0.3) is 5.91 Å². The van der Waals surface area contributed by atoms with Crippen LogP contribution in [0.2, 0.25) is 5.02 Å². The molecule has 2 aromatic rings. The Morgan fingerprint density at radius 1 is 1.43 bits per heavy atom. The largest absolute Gasteiger partial charge is 0.468 e. The average Bonchev–Trinajstić information content (AvgIpc) is 2.92. The second-order valence-corrected chi connectivity index (χ2v) is 6.43. The third kappa shape index (κ3) is 4.21. The van der Waals surface area contributed by atoms with E-state index in [0.717, 1.165) is 9.33 Å². The van der Waals surface area contributed by atoms with Crippen molar-refractivity contribution in [1.29, 1.82) is 0 Å². The fourth-order valence-electron chi connectivity index (χ4n) is 1.98. The van der Waals surface area contributed by atoms with Crippen LogP contribution in [-0.4, -0.2) is 31.4 Å². The number of nitrogens with one attached hydrogen (secondary N) is 1. The van der Waals surface area contributed by atoms with Crippen molar-refractivity contribution in [3.8, 4) is 0 Å². The van der Waals surface area contributed by atoms with Crippen molar-refractivity contribution in [2.24, 2.45) is 0 Å². The number of carbonyl (C=O) groups excluding carboxylic acids is 1. The molecular weight excluding hydrogens is 403 g/mol. The molecule has 1 heterocycles. The Bertz CT molecular complexity index is 614. The lowest BCUT2D eigenvalue weighted by molar-refractivity contribution is 0.0938. The molecule has 21 heavy (non-hydrogen) atoms. The van der Waals surface area contributed by atoms with E-state index in [2.05, 4.69) is 27.9 Å². The molecule has 0 bridgehead atoms. The lowest BCUT2D eigenvalue weighted by atomic mass is 10.2. The van der Waals surface area contributed by atoms with Gasteiger partial charge in [-0.3, -0.25) is 9.69 Å². The average molecular weight is 419 g/mol. The predicted molar refractivity (Wildman–Crippen MR) is 91.6 cm³/mol. The van der Waals surface area contributed by atoms with Gasteiger partial charge in [-0.25, -0.2) is 0 Å². The molecule has 0 aliphatic carbocycles. The smallest absolute Gasteiger partial charge is 0.252 e. The highest BCUT2D eigenvalue weighted by molar-refractivity contribution is 14.1. The van der Waals surface area contributed by atoms with Crippen LogP contribution in [0.5, 0.6) is 0 Å². The molecule has 0 radical (unpaired) electrons. The molecule has 0 saturated carbocycles. The quantitative estimate of drug-likeness (QED) is 0.755. The van der Waals surface area contributed by atoms with Crippen molar-refractivity contribution in [3.63, 3.8) is 0 Å². The molecule has 2 rings (SSSR count). The second-order valence-electron chi connectivity index (χ2n) is 4.83. The highest BCUT2D eigenvalue weighted by atomic mass is 127. The monoisotopic (exact) mass is 418 g/mol. The van der Waals surface area contributed by atoms with Crippen molar-refractivity contribution < 1.29 is 9.21 Å². The molecule has 1 amide bonds. The summed E-state index contributed by atoms with van der Waals surface area (Å²) in [6.07, 6.45) is 1.63. The Morgan fingerprint density at radius 2 is 2.19 bits per heavy atom. The van der Waals surface area contributed by atoms with E-state index in [1.54, 1.807) is 24.5 Å². The van der Waals surface area contributed by atoms with Gasteiger partial charge >= 0.3 is 0 Å². The van der Waals surface area contributed by atoms with Gasteiger partial charge < -0.3 is 9.73 Å². The summed E-state index contributed by atoms with van der Waals surface area (Å²) in [5.74, 6) is 0.709. The molecule has 1 N–H and O–H groups in total. The van der Waals surface area contributed by atoms with Gasteiger partial charge in [-0.1, -0.05) is 11.6 Å². The maximum absolute atomic E-state index is 12.3. The highest BCUT2D eigenvalue weighted by Crippen LogP contribution is 2.20. The molecule has 0 saturated heterocycles. The van der Waals surface area contributed by atoms with E-state index in [1.165, 1.54) is 0 Å². The topological polar surface area (TPSA) is 45.5 Å². The number of carbonyl (C=O) groups is 1. The minimum Gasteiger partial charge on any atom is -0.468 e. The number of amides is 1. The standard InChI is InChI=1S/C15H16ClIN2O2/c1-19(2)13(14-4-3-7-21-14)9-18-15(20)11-6-5-10(16)8-12(11)17/h3-8,13H,9H2,1-2H3,(H,18,20). The molecule has 0 fully saturated rings. The van der Waals surface area contributed by atoms with Crippen LogP contribution in [0.4, 0.5) is 0 Å². The first-order valence-corrected chi connectivity index (χ1v) is 7.88. The molecule has 1 aromatic heterocycles. The summed E-state index contributed by atoms with van der Waals surface area (Å²) in [5.41, 5.74) is 0.622. The third-order valence-corrected chi connectivity index (χ3v) is 4.25. The van der Waals surface area contributed by atoms with Crippen molar-refractivity contribution in [2.75, 3.05) is 20.6 Å². The van der Waals surface area contributed by atoms with Crippen LogP contribution in [0.1, 0.15) is 22.2 Å². The summed E-state index contributed by atoms with van der Waals surface area (Å²) in [5, 5.41) is 3.56. The van der Waals surface area contributed by atoms with Gasteiger partial charge in [0.2, 0.25) is 0 Å². The molecule has 112 valence electrons. The first kappa shape index (κ1) is 16.3. The summed E-state index contributed by atoms with van der Waals surface area (Å²) in [4.78, 5) is 14.3. The van der Waals surface area contributed by atoms with Crippen LogP contribution >= 0.6 is 34.2 Å². The van der Waals surface area contributed by atoms with Crippen LogP contribution in [0.15, 0.2) is 41.0 Å².